The van der Waals surface area contributed by atoms with Gasteiger partial charge in [0.2, 0.25) is 5.95 Å². The average Bonchev–Trinajstić information content (AvgIpc) is 3.29. The highest BCUT2D eigenvalue weighted by molar-refractivity contribution is 7.16. The van der Waals surface area contributed by atoms with Crippen LogP contribution < -0.4 is 5.32 Å². The summed E-state index contributed by atoms with van der Waals surface area (Å²) in [6, 6.07) is 10.7. The molecule has 2 saturated heterocycles. The number of rotatable bonds is 6. The SMILES string of the molecule is O=C1c2cc(-c3ccnc(NC4COC4)n3)sc2C2(COC2)N1C(CO)c1cccc(Cl)c1. The number of benzene rings is 1. The number of fused-ring (bicyclic) bond motifs is 2. The third-order valence-electron chi connectivity index (χ3n) is 6.34. The van der Waals surface area contributed by atoms with E-state index < -0.39 is 11.6 Å². The first-order valence-electron chi connectivity index (χ1n) is 10.7. The number of aliphatic hydroxyl groups is 1. The summed E-state index contributed by atoms with van der Waals surface area (Å²) < 4.78 is 10.8. The van der Waals surface area contributed by atoms with Crippen LogP contribution in [0.2, 0.25) is 5.02 Å². The third kappa shape index (κ3) is 3.34. The largest absolute Gasteiger partial charge is 0.394 e. The minimum Gasteiger partial charge on any atom is -0.394 e. The Labute approximate surface area is 199 Å². The fraction of sp³-hybridized carbons (Fsp3) is 0.348. The molecule has 3 aromatic rings. The molecule has 8 nitrogen and oxygen atoms in total. The summed E-state index contributed by atoms with van der Waals surface area (Å²) in [7, 11) is 0. The van der Waals surface area contributed by atoms with Crippen LogP contribution in [-0.2, 0) is 15.0 Å². The van der Waals surface area contributed by atoms with Crippen molar-refractivity contribution in [2.45, 2.75) is 17.6 Å². The molecule has 2 aromatic heterocycles. The van der Waals surface area contributed by atoms with Crippen LogP contribution in [0.1, 0.15) is 26.8 Å². The summed E-state index contributed by atoms with van der Waals surface area (Å²) in [6.07, 6.45) is 1.71. The number of anilines is 1. The van der Waals surface area contributed by atoms with Gasteiger partial charge in [0.25, 0.3) is 5.91 Å². The molecule has 0 radical (unpaired) electrons. The lowest BCUT2D eigenvalue weighted by atomic mass is 9.92. The lowest BCUT2D eigenvalue weighted by Gasteiger charge is -2.48. The van der Waals surface area contributed by atoms with E-state index in [0.717, 1.165) is 21.0 Å². The number of hydrogen-bond acceptors (Lipinski definition) is 8. The molecular formula is C23H21ClN4O4S. The van der Waals surface area contributed by atoms with Crippen LogP contribution in [0, 0.1) is 0 Å². The van der Waals surface area contributed by atoms with Crippen LogP contribution >= 0.6 is 22.9 Å². The van der Waals surface area contributed by atoms with Gasteiger partial charge in [-0.05, 0) is 29.8 Å². The van der Waals surface area contributed by atoms with Crippen molar-refractivity contribution in [1.29, 1.82) is 0 Å². The van der Waals surface area contributed by atoms with Crippen molar-refractivity contribution in [3.8, 4) is 10.6 Å². The van der Waals surface area contributed by atoms with E-state index in [9.17, 15) is 9.90 Å². The van der Waals surface area contributed by atoms with Crippen LogP contribution in [0.5, 0.6) is 0 Å². The second-order valence-electron chi connectivity index (χ2n) is 8.45. The normalized spacial score (nSPS) is 19.8. The van der Waals surface area contributed by atoms with E-state index in [1.165, 1.54) is 0 Å². The number of hydrogen-bond donors (Lipinski definition) is 2. The maximum Gasteiger partial charge on any atom is 0.256 e. The molecule has 33 heavy (non-hydrogen) atoms. The molecule has 1 amide bonds. The number of carbonyl (C=O) groups is 1. The van der Waals surface area contributed by atoms with Gasteiger partial charge in [0.1, 0.15) is 5.54 Å². The molecule has 3 aliphatic heterocycles. The van der Waals surface area contributed by atoms with Crippen LogP contribution in [0.4, 0.5) is 5.95 Å². The number of halogens is 1. The van der Waals surface area contributed by atoms with Crippen molar-refractivity contribution < 1.29 is 19.4 Å². The summed E-state index contributed by atoms with van der Waals surface area (Å²) in [5, 5.41) is 14.1. The van der Waals surface area contributed by atoms with Crippen molar-refractivity contribution >= 4 is 34.8 Å². The molecule has 2 fully saturated rings. The number of aromatic nitrogens is 2. The zero-order valence-electron chi connectivity index (χ0n) is 17.5. The Morgan fingerprint density at radius 2 is 2.12 bits per heavy atom. The number of aliphatic hydroxyl groups excluding tert-OH is 1. The van der Waals surface area contributed by atoms with Gasteiger partial charge in [0, 0.05) is 16.1 Å². The van der Waals surface area contributed by atoms with Crippen LogP contribution in [0.3, 0.4) is 0 Å². The Balaban J connectivity index is 1.35. The summed E-state index contributed by atoms with van der Waals surface area (Å²) in [6.45, 7) is 1.86. The van der Waals surface area contributed by atoms with E-state index in [4.69, 9.17) is 21.1 Å². The first kappa shape index (κ1) is 21.0. The molecule has 3 aliphatic rings. The highest BCUT2D eigenvalue weighted by atomic mass is 35.5. The number of carbonyl (C=O) groups excluding carboxylic acids is 1. The highest BCUT2D eigenvalue weighted by Crippen LogP contribution is 2.53. The number of nitrogens with zero attached hydrogens (tertiary/aromatic N) is 3. The number of amides is 1. The molecule has 10 heteroatoms. The van der Waals surface area contributed by atoms with Crippen LogP contribution in [-0.4, -0.2) is 65.0 Å². The first-order valence-corrected chi connectivity index (χ1v) is 11.9. The van der Waals surface area contributed by atoms with Gasteiger partial charge in [0.15, 0.2) is 0 Å². The lowest BCUT2D eigenvalue weighted by Crippen LogP contribution is -2.58. The predicted molar refractivity (Wildman–Crippen MR) is 124 cm³/mol. The molecule has 0 saturated carbocycles. The molecule has 6 rings (SSSR count). The Hall–Kier alpha value is -2.56. The van der Waals surface area contributed by atoms with Gasteiger partial charge in [-0.15, -0.1) is 11.3 Å². The van der Waals surface area contributed by atoms with E-state index in [1.54, 1.807) is 34.6 Å². The summed E-state index contributed by atoms with van der Waals surface area (Å²) >= 11 is 7.74. The van der Waals surface area contributed by atoms with Crippen LogP contribution in [0.15, 0.2) is 42.6 Å². The van der Waals surface area contributed by atoms with Crippen molar-refractivity contribution in [2.75, 3.05) is 38.4 Å². The minimum absolute atomic E-state index is 0.117. The number of nitrogens with one attached hydrogen (secondary N) is 1. The van der Waals surface area contributed by atoms with Gasteiger partial charge < -0.3 is 24.8 Å². The quantitative estimate of drug-likeness (QED) is 0.555. The molecule has 0 bridgehead atoms. The molecule has 1 unspecified atom stereocenters. The monoisotopic (exact) mass is 484 g/mol. The number of ether oxygens (including phenoxy) is 2. The first-order chi connectivity index (χ1) is 16.1. The fourth-order valence-corrected chi connectivity index (χ4v) is 6.05. The number of thiophene rings is 1. The second-order valence-corrected chi connectivity index (χ2v) is 9.94. The highest BCUT2D eigenvalue weighted by Gasteiger charge is 2.58. The maximum atomic E-state index is 13.6. The van der Waals surface area contributed by atoms with E-state index in [-0.39, 0.29) is 18.6 Å². The van der Waals surface area contributed by atoms with Crippen molar-refractivity contribution in [3.05, 3.63) is 63.6 Å². The zero-order chi connectivity index (χ0) is 22.6. The van der Waals surface area contributed by atoms with Gasteiger partial charge in [-0.1, -0.05) is 23.7 Å². The average molecular weight is 485 g/mol. The summed E-state index contributed by atoms with van der Waals surface area (Å²) in [5.74, 6) is 0.430. The molecule has 170 valence electrons. The standard InChI is InChI=1S/C23H21ClN4O4S/c24-14-3-1-2-13(6-14)18(8-29)28-21(30)16-7-19(33-20(16)23(28)11-32-12-23)17-4-5-25-22(27-17)26-15-9-31-10-15/h1-7,15,18,29H,8-12H2,(H,25,26,27). The zero-order valence-corrected chi connectivity index (χ0v) is 19.1. The molecule has 5 heterocycles. The predicted octanol–water partition coefficient (Wildman–Crippen LogP) is 3.08. The Morgan fingerprint density at radius 1 is 1.27 bits per heavy atom. The minimum atomic E-state index is -0.595. The summed E-state index contributed by atoms with van der Waals surface area (Å²) in [4.78, 5) is 26.2. The topological polar surface area (TPSA) is 96.8 Å². The fourth-order valence-electron chi connectivity index (χ4n) is 4.58. The molecule has 1 atom stereocenters. The van der Waals surface area contributed by atoms with Gasteiger partial charge in [-0.3, -0.25) is 4.79 Å². The molecule has 1 spiro atoms. The Morgan fingerprint density at radius 3 is 2.79 bits per heavy atom. The maximum absolute atomic E-state index is 13.6. The Kier molecular flexibility index (Phi) is 5.11. The molecule has 0 aliphatic carbocycles. The van der Waals surface area contributed by atoms with Gasteiger partial charge >= 0.3 is 0 Å². The van der Waals surface area contributed by atoms with E-state index in [0.29, 0.717) is 43.0 Å². The van der Waals surface area contributed by atoms with E-state index in [2.05, 4.69) is 15.3 Å². The van der Waals surface area contributed by atoms with Crippen molar-refractivity contribution in [1.82, 2.24) is 14.9 Å². The van der Waals surface area contributed by atoms with Crippen LogP contribution in [0.25, 0.3) is 10.6 Å². The van der Waals surface area contributed by atoms with Crippen molar-refractivity contribution in [2.24, 2.45) is 0 Å². The molecular weight excluding hydrogens is 464 g/mol. The van der Waals surface area contributed by atoms with Crippen molar-refractivity contribution in [3.63, 3.8) is 0 Å². The Bertz CT molecular complexity index is 1230. The summed E-state index contributed by atoms with van der Waals surface area (Å²) in [5.41, 5.74) is 1.60. The smallest absolute Gasteiger partial charge is 0.256 e. The third-order valence-corrected chi connectivity index (χ3v) is 7.93. The lowest BCUT2D eigenvalue weighted by molar-refractivity contribution is -0.139. The van der Waals surface area contributed by atoms with Gasteiger partial charge in [0.05, 0.1) is 61.3 Å². The van der Waals surface area contributed by atoms with Gasteiger partial charge in [-0.25, -0.2) is 9.97 Å². The van der Waals surface area contributed by atoms with E-state index in [1.807, 2.05) is 24.3 Å². The van der Waals surface area contributed by atoms with E-state index >= 15 is 0 Å². The molecule has 1 aromatic carbocycles. The second kappa shape index (κ2) is 8.03. The van der Waals surface area contributed by atoms with Gasteiger partial charge in [-0.2, -0.15) is 0 Å². The molecule has 2 N–H and O–H groups in total.